The third-order valence-corrected chi connectivity index (χ3v) is 4.81. The van der Waals surface area contributed by atoms with Crippen LogP contribution in [0.4, 0.5) is 5.69 Å². The van der Waals surface area contributed by atoms with Crippen molar-refractivity contribution >= 4 is 40.6 Å². The number of hydrogen-bond acceptors (Lipinski definition) is 8. The van der Waals surface area contributed by atoms with Gasteiger partial charge in [-0.15, -0.1) is 0 Å². The number of hydrazone groups is 1. The number of thioether (sulfide) groups is 1. The summed E-state index contributed by atoms with van der Waals surface area (Å²) in [7, 11) is 1.39. The molecule has 10 nitrogen and oxygen atoms in total. The Kier molecular flexibility index (Phi) is 7.08. The first-order valence-corrected chi connectivity index (χ1v) is 10.3. The van der Waals surface area contributed by atoms with Gasteiger partial charge in [-0.05, 0) is 32.0 Å². The van der Waals surface area contributed by atoms with Crippen molar-refractivity contribution in [2.45, 2.75) is 25.1 Å². The fourth-order valence-electron chi connectivity index (χ4n) is 2.67. The van der Waals surface area contributed by atoms with E-state index in [1.54, 1.807) is 19.9 Å². The molecule has 1 amide bonds. The van der Waals surface area contributed by atoms with E-state index < -0.39 is 4.92 Å². The van der Waals surface area contributed by atoms with E-state index in [0.717, 1.165) is 11.0 Å². The molecule has 0 saturated carbocycles. The summed E-state index contributed by atoms with van der Waals surface area (Å²) in [6, 6.07) is 10.4. The Labute approximate surface area is 182 Å². The van der Waals surface area contributed by atoms with Crippen LogP contribution < -0.4 is 14.9 Å². The van der Waals surface area contributed by atoms with Crippen LogP contribution in [-0.2, 0) is 4.79 Å². The molecule has 0 bridgehead atoms. The van der Waals surface area contributed by atoms with Gasteiger partial charge in [-0.2, -0.15) is 5.10 Å². The number of hydrogen-bond donors (Lipinski definition) is 2. The molecule has 1 aromatic heterocycles. The number of nitrogens with one attached hydrogen (secondary N) is 2. The number of benzene rings is 2. The van der Waals surface area contributed by atoms with Crippen molar-refractivity contribution in [3.63, 3.8) is 0 Å². The Hall–Kier alpha value is -3.60. The van der Waals surface area contributed by atoms with Crippen molar-refractivity contribution in [1.29, 1.82) is 0 Å². The van der Waals surface area contributed by atoms with Crippen LogP contribution in [0.1, 0.15) is 19.4 Å². The van der Waals surface area contributed by atoms with E-state index in [1.807, 2.05) is 24.3 Å². The number of aromatic amines is 1. The average Bonchev–Trinajstić information content (AvgIpc) is 3.15. The minimum Gasteiger partial charge on any atom is -0.493 e. The van der Waals surface area contributed by atoms with E-state index in [2.05, 4.69) is 20.5 Å². The second-order valence-corrected chi connectivity index (χ2v) is 7.60. The summed E-state index contributed by atoms with van der Waals surface area (Å²) in [6.07, 6.45) is 1.04. The van der Waals surface area contributed by atoms with Crippen LogP contribution in [0.15, 0.2) is 46.7 Å². The van der Waals surface area contributed by atoms with Crippen LogP contribution >= 0.6 is 11.8 Å². The van der Waals surface area contributed by atoms with E-state index in [1.165, 1.54) is 31.2 Å². The normalized spacial score (nSPS) is 11.2. The van der Waals surface area contributed by atoms with Gasteiger partial charge in [0.05, 0.1) is 41.1 Å². The molecule has 0 aliphatic heterocycles. The zero-order chi connectivity index (χ0) is 22.4. The Balaban J connectivity index is 1.64. The Morgan fingerprint density at radius 2 is 2.16 bits per heavy atom. The molecule has 0 aliphatic carbocycles. The zero-order valence-electron chi connectivity index (χ0n) is 17.1. The Morgan fingerprint density at radius 1 is 1.39 bits per heavy atom. The summed E-state index contributed by atoms with van der Waals surface area (Å²) < 4.78 is 10.8. The lowest BCUT2D eigenvalue weighted by atomic mass is 10.2. The molecule has 1 heterocycles. The summed E-state index contributed by atoms with van der Waals surface area (Å²) in [6.45, 7) is 3.52. The van der Waals surface area contributed by atoms with Crippen molar-refractivity contribution in [1.82, 2.24) is 15.4 Å². The third-order valence-electron chi connectivity index (χ3n) is 3.94. The number of H-pyrrole nitrogens is 1. The number of nitro groups is 1. The quantitative estimate of drug-likeness (QED) is 0.224. The molecular weight excluding hydrogens is 422 g/mol. The number of para-hydroxylation sites is 2. The molecule has 0 unspecified atom stereocenters. The molecule has 11 heteroatoms. The molecule has 0 saturated heterocycles. The topological polar surface area (TPSA) is 132 Å². The lowest BCUT2D eigenvalue weighted by Crippen LogP contribution is -2.19. The minimum absolute atomic E-state index is 0.0471. The van der Waals surface area contributed by atoms with E-state index in [9.17, 15) is 14.9 Å². The van der Waals surface area contributed by atoms with Gasteiger partial charge < -0.3 is 14.5 Å². The highest BCUT2D eigenvalue weighted by Crippen LogP contribution is 2.38. The first kappa shape index (κ1) is 22.1. The van der Waals surface area contributed by atoms with Crippen LogP contribution in [0.25, 0.3) is 11.0 Å². The molecule has 2 N–H and O–H groups in total. The van der Waals surface area contributed by atoms with E-state index in [4.69, 9.17) is 9.47 Å². The van der Waals surface area contributed by atoms with Crippen molar-refractivity contribution in [3.8, 4) is 11.5 Å². The summed E-state index contributed by atoms with van der Waals surface area (Å²) >= 11 is 1.24. The predicted octanol–water partition coefficient (Wildman–Crippen LogP) is 3.51. The van der Waals surface area contributed by atoms with Crippen LogP contribution in [0.2, 0.25) is 0 Å². The van der Waals surface area contributed by atoms with Gasteiger partial charge in [-0.3, -0.25) is 14.9 Å². The minimum atomic E-state index is -0.555. The van der Waals surface area contributed by atoms with Gasteiger partial charge in [0.25, 0.3) is 5.91 Å². The van der Waals surface area contributed by atoms with Gasteiger partial charge in [-0.1, -0.05) is 23.9 Å². The van der Waals surface area contributed by atoms with Gasteiger partial charge in [0, 0.05) is 11.6 Å². The van der Waals surface area contributed by atoms with Crippen molar-refractivity contribution in [2.24, 2.45) is 5.10 Å². The number of ether oxygens (including phenoxy) is 2. The number of rotatable bonds is 9. The molecule has 0 spiro atoms. The van der Waals surface area contributed by atoms with E-state index in [0.29, 0.717) is 10.7 Å². The van der Waals surface area contributed by atoms with Gasteiger partial charge >= 0.3 is 5.69 Å². The van der Waals surface area contributed by atoms with Crippen molar-refractivity contribution in [2.75, 3.05) is 12.9 Å². The van der Waals surface area contributed by atoms with Crippen molar-refractivity contribution in [3.05, 3.63) is 52.1 Å². The van der Waals surface area contributed by atoms with E-state index >= 15 is 0 Å². The summed E-state index contributed by atoms with van der Waals surface area (Å²) in [5.74, 6) is 0.00638. The molecule has 2 aromatic carbocycles. The molecule has 3 rings (SSSR count). The molecule has 162 valence electrons. The van der Waals surface area contributed by atoms with Crippen LogP contribution in [0.3, 0.4) is 0 Å². The number of fused-ring (bicyclic) bond motifs is 1. The van der Waals surface area contributed by atoms with Gasteiger partial charge in [0.2, 0.25) is 5.75 Å². The summed E-state index contributed by atoms with van der Waals surface area (Å²) in [4.78, 5) is 30.4. The fourth-order valence-corrected chi connectivity index (χ4v) is 3.34. The maximum atomic E-state index is 12.1. The second-order valence-electron chi connectivity index (χ2n) is 6.64. The smallest absolute Gasteiger partial charge is 0.315 e. The predicted molar refractivity (Wildman–Crippen MR) is 118 cm³/mol. The first-order chi connectivity index (χ1) is 14.9. The maximum absolute atomic E-state index is 12.1. The molecule has 31 heavy (non-hydrogen) atoms. The van der Waals surface area contributed by atoms with Crippen LogP contribution in [0, 0.1) is 10.1 Å². The molecule has 0 atom stereocenters. The van der Waals surface area contributed by atoms with Gasteiger partial charge in [-0.25, -0.2) is 10.4 Å². The van der Waals surface area contributed by atoms with Gasteiger partial charge in [0.15, 0.2) is 10.9 Å². The third kappa shape index (κ3) is 5.72. The largest absolute Gasteiger partial charge is 0.493 e. The highest BCUT2D eigenvalue weighted by Gasteiger charge is 2.23. The second kappa shape index (κ2) is 9.94. The lowest BCUT2D eigenvalue weighted by Gasteiger charge is -2.14. The number of amides is 1. The highest BCUT2D eigenvalue weighted by molar-refractivity contribution is 7.99. The van der Waals surface area contributed by atoms with Crippen LogP contribution in [0.5, 0.6) is 11.5 Å². The number of methoxy groups -OCH3 is 1. The lowest BCUT2D eigenvalue weighted by molar-refractivity contribution is -0.386. The number of carbonyl (C=O) groups is 1. The summed E-state index contributed by atoms with van der Waals surface area (Å²) in [5, 5.41) is 15.9. The van der Waals surface area contributed by atoms with Crippen molar-refractivity contribution < 1.29 is 19.2 Å². The summed E-state index contributed by atoms with van der Waals surface area (Å²) in [5.41, 5.74) is 4.24. The average molecular weight is 443 g/mol. The number of nitrogens with zero attached hydrogens (tertiary/aromatic N) is 3. The number of carbonyl (C=O) groups excluding carboxylic acids is 1. The van der Waals surface area contributed by atoms with Crippen LogP contribution in [-0.4, -0.2) is 46.0 Å². The molecule has 0 fully saturated rings. The molecular formula is C20H21N5O5S. The fraction of sp³-hybridized carbons (Fsp3) is 0.250. The Bertz CT molecular complexity index is 1100. The van der Waals surface area contributed by atoms with Gasteiger partial charge in [0.1, 0.15) is 0 Å². The Morgan fingerprint density at radius 3 is 2.84 bits per heavy atom. The first-order valence-electron chi connectivity index (χ1n) is 9.30. The monoisotopic (exact) mass is 443 g/mol. The van der Waals surface area contributed by atoms with E-state index in [-0.39, 0.29) is 35.0 Å². The number of imidazole rings is 1. The number of nitro benzene ring substituents is 1. The number of aromatic nitrogens is 2. The standard InChI is InChI=1S/C20H21N5O5S/c1-12(2)30-19-16(25(27)28)8-13(9-17(19)29-3)10-21-24-18(26)11-31-20-22-14-6-4-5-7-15(14)23-20/h4-10,12H,11H2,1-3H3,(H,22,23)(H,24,26)/b21-10-. The highest BCUT2D eigenvalue weighted by atomic mass is 32.2. The maximum Gasteiger partial charge on any atom is 0.315 e. The zero-order valence-corrected chi connectivity index (χ0v) is 17.9. The molecule has 0 aliphatic rings. The molecule has 0 radical (unpaired) electrons. The molecule has 3 aromatic rings. The SMILES string of the molecule is COc1cc(/C=N\NC(=O)CSc2nc3ccccc3[nH]2)cc([N+](=O)[O-])c1OC(C)C.